The molecule has 0 aliphatic heterocycles. The minimum Gasteiger partial charge on any atom is -0.0683 e. The van der Waals surface area contributed by atoms with Gasteiger partial charge in [0.25, 0.3) is 0 Å². The number of rotatable bonds is 22. The van der Waals surface area contributed by atoms with Crippen LogP contribution in [0.4, 0.5) is 0 Å². The second kappa shape index (κ2) is 21.5. The lowest BCUT2D eigenvalue weighted by atomic mass is 9.81. The predicted molar refractivity (Wildman–Crippen MR) is 287 cm³/mol. The number of unbranched alkanes of at least 4 members (excludes halogenated alkanes) is 18. The van der Waals surface area contributed by atoms with Crippen molar-refractivity contribution in [3.8, 4) is 0 Å². The molecule has 0 fully saturated rings. The third-order valence-electron chi connectivity index (χ3n) is 14.3. The van der Waals surface area contributed by atoms with Crippen molar-refractivity contribution in [3.05, 3.63) is 105 Å². The van der Waals surface area contributed by atoms with Gasteiger partial charge in [-0.05, 0) is 124 Å². The van der Waals surface area contributed by atoms with Crippen molar-refractivity contribution >= 4 is 118 Å². The summed E-state index contributed by atoms with van der Waals surface area (Å²) in [6.45, 7) is 8.62. The first-order chi connectivity index (χ1) is 30.6. The third kappa shape index (κ3) is 8.83. The highest BCUT2D eigenvalue weighted by Gasteiger charge is 2.25. The van der Waals surface area contributed by atoms with E-state index < -0.39 is 0 Å². The zero-order valence-corrected chi connectivity index (χ0v) is 41.6. The minimum atomic E-state index is 1.13. The maximum absolute atomic E-state index is 4.23. The van der Waals surface area contributed by atoms with Gasteiger partial charge in [-0.15, -0.1) is 0 Å². The van der Waals surface area contributed by atoms with Gasteiger partial charge in [0, 0.05) is 19.7 Å². The van der Waals surface area contributed by atoms with Crippen molar-refractivity contribution < 1.29 is 0 Å². The van der Waals surface area contributed by atoms with Gasteiger partial charge in [0.1, 0.15) is 0 Å². The van der Waals surface area contributed by atoms with Crippen LogP contribution >= 0.6 is 31.9 Å². The van der Waals surface area contributed by atoms with E-state index in [1.165, 1.54) is 235 Å². The van der Waals surface area contributed by atoms with Crippen molar-refractivity contribution in [1.29, 1.82) is 0 Å². The number of hydrogen-bond acceptors (Lipinski definition) is 0. The maximum atomic E-state index is 4.23. The molecule has 0 saturated carbocycles. The Morgan fingerprint density at radius 3 is 0.952 bits per heavy atom. The van der Waals surface area contributed by atoms with E-state index in [0.29, 0.717) is 0 Å². The van der Waals surface area contributed by atoms with E-state index in [2.05, 4.69) is 131 Å². The molecule has 62 heavy (non-hydrogen) atoms. The van der Waals surface area contributed by atoms with Crippen LogP contribution in [-0.4, -0.2) is 0 Å². The minimum absolute atomic E-state index is 1.13. The summed E-state index contributed by atoms with van der Waals surface area (Å²) in [5.41, 5.74) is 3.07. The fourth-order valence-corrected chi connectivity index (χ4v) is 12.6. The summed E-state index contributed by atoms with van der Waals surface area (Å²) in [5.74, 6) is 0. The number of halogens is 2. The molecule has 0 saturated heterocycles. The zero-order chi connectivity index (χ0) is 43.0. The fraction of sp³-hybridized carbons (Fsp3) is 0.433. The van der Waals surface area contributed by atoms with Crippen LogP contribution in [0.15, 0.2) is 93.9 Å². The molecular weight excluding hydrogens is 880 g/mol. The Hall–Kier alpha value is -3.46. The summed E-state index contributed by atoms with van der Waals surface area (Å²) >= 11 is 8.47. The average Bonchev–Trinajstić information content (AvgIpc) is 3.30. The van der Waals surface area contributed by atoms with Gasteiger partial charge in [-0.2, -0.15) is 0 Å². The molecule has 324 valence electrons. The van der Waals surface area contributed by atoms with Gasteiger partial charge in [0.2, 0.25) is 0 Å². The molecule has 0 N–H and O–H groups in total. The molecule has 0 amide bonds. The maximum Gasteiger partial charge on any atom is 0.0266 e. The third-order valence-corrected chi connectivity index (χ3v) is 15.6. The van der Waals surface area contributed by atoms with E-state index in [0.717, 1.165) is 12.8 Å². The number of fused-ring (bicyclic) bond motifs is 6. The van der Waals surface area contributed by atoms with E-state index in [-0.39, 0.29) is 0 Å². The summed E-state index contributed by atoms with van der Waals surface area (Å²) in [6.07, 6.45) is 29.6. The lowest BCUT2D eigenvalue weighted by molar-refractivity contribution is 0.557. The quantitative estimate of drug-likeness (QED) is 0.0361. The van der Waals surface area contributed by atoms with E-state index in [1.54, 1.807) is 0 Å². The van der Waals surface area contributed by atoms with E-state index in [9.17, 15) is 0 Å². The Kier molecular flexibility index (Phi) is 15.6. The van der Waals surface area contributed by atoms with E-state index >= 15 is 0 Å². The van der Waals surface area contributed by atoms with Gasteiger partial charge >= 0.3 is 0 Å². The molecular formula is C60H70Br2. The standard InChI is InChI=1S/C58H64Br2.C2H6/c1-3-5-7-9-11-13-15-17-19-21-27-41-39-29-23-25-31-43(39)49-37-51(59)55-48-36-34-46-42(28-22-20-18-16-14-12-10-8-6-4-2)40-30-24-26-32-44(40)50-38-52(60)56(58(48)54(46)50)47-35-33-45(41)53(49)57(47)55;1-2/h23-26,29-38H,3-22,27-28H2,1-2H3;1-2H3. The summed E-state index contributed by atoms with van der Waals surface area (Å²) in [5, 5.41) is 22.4. The second-order valence-electron chi connectivity index (χ2n) is 18.3. The monoisotopic (exact) mass is 948 g/mol. The average molecular weight is 951 g/mol. The summed E-state index contributed by atoms with van der Waals surface area (Å²) in [4.78, 5) is 0. The highest BCUT2D eigenvalue weighted by Crippen LogP contribution is 2.53. The Morgan fingerprint density at radius 1 is 0.290 bits per heavy atom. The smallest absolute Gasteiger partial charge is 0.0266 e. The molecule has 0 bridgehead atoms. The molecule has 2 heteroatoms. The molecule has 0 heterocycles. The number of aryl methyl sites for hydroxylation is 2. The first kappa shape index (κ1) is 45.1. The van der Waals surface area contributed by atoms with Crippen LogP contribution in [0.1, 0.15) is 167 Å². The summed E-state index contributed by atoms with van der Waals surface area (Å²) in [6, 6.07) is 33.3. The highest BCUT2D eigenvalue weighted by atomic mass is 79.9. The number of benzene rings is 9. The van der Waals surface area contributed by atoms with Crippen LogP contribution < -0.4 is 0 Å². The molecule has 0 aromatic heterocycles. The predicted octanol–water partition coefficient (Wildman–Crippen LogP) is 21.3. The van der Waals surface area contributed by atoms with Crippen molar-refractivity contribution in [3.63, 3.8) is 0 Å². The molecule has 0 spiro atoms. The first-order valence-corrected chi connectivity index (χ1v) is 26.7. The summed E-state index contributed by atoms with van der Waals surface area (Å²) < 4.78 is 2.40. The van der Waals surface area contributed by atoms with Crippen LogP contribution in [-0.2, 0) is 12.8 Å². The summed E-state index contributed by atoms with van der Waals surface area (Å²) in [7, 11) is 0. The molecule has 0 aliphatic rings. The van der Waals surface area contributed by atoms with E-state index in [4.69, 9.17) is 0 Å². The number of hydrogen-bond donors (Lipinski definition) is 0. The molecule has 9 aromatic rings. The molecule has 0 radical (unpaired) electrons. The van der Waals surface area contributed by atoms with Crippen molar-refractivity contribution in [1.82, 2.24) is 0 Å². The Morgan fingerprint density at radius 2 is 0.597 bits per heavy atom. The molecule has 0 unspecified atom stereocenters. The van der Waals surface area contributed by atoms with Crippen molar-refractivity contribution in [2.45, 2.75) is 169 Å². The highest BCUT2D eigenvalue weighted by molar-refractivity contribution is 9.11. The Bertz CT molecular complexity index is 2680. The lowest BCUT2D eigenvalue weighted by Crippen LogP contribution is -1.98. The van der Waals surface area contributed by atoms with Crippen molar-refractivity contribution in [2.24, 2.45) is 0 Å². The van der Waals surface area contributed by atoms with Gasteiger partial charge in [0.05, 0.1) is 0 Å². The van der Waals surface area contributed by atoms with Crippen LogP contribution in [0, 0.1) is 0 Å². The zero-order valence-electron chi connectivity index (χ0n) is 38.4. The molecule has 9 aromatic carbocycles. The van der Waals surface area contributed by atoms with Crippen LogP contribution in [0.5, 0.6) is 0 Å². The van der Waals surface area contributed by atoms with Crippen LogP contribution in [0.2, 0.25) is 0 Å². The largest absolute Gasteiger partial charge is 0.0683 e. The van der Waals surface area contributed by atoms with Gasteiger partial charge < -0.3 is 0 Å². The Labute approximate surface area is 389 Å². The van der Waals surface area contributed by atoms with Crippen molar-refractivity contribution in [2.75, 3.05) is 0 Å². The fourth-order valence-electron chi connectivity index (χ4n) is 11.3. The normalized spacial score (nSPS) is 12.2. The van der Waals surface area contributed by atoms with Gasteiger partial charge in [-0.3, -0.25) is 0 Å². The molecule has 0 atom stereocenters. The SMILES string of the molecule is CC.CCCCCCCCCCCCc1c2ccccc2c2cc(Br)c3c4ccc5c(CCCCCCCCCCCC)c6ccccc6c6cc(Br)c(c7ccc1c2c73)c4c56. The van der Waals surface area contributed by atoms with Gasteiger partial charge in [0.15, 0.2) is 0 Å². The van der Waals surface area contributed by atoms with Gasteiger partial charge in [-0.1, -0.05) is 248 Å². The van der Waals surface area contributed by atoms with Gasteiger partial charge in [-0.25, -0.2) is 0 Å². The Balaban J connectivity index is 0.00000261. The van der Waals surface area contributed by atoms with Crippen LogP contribution in [0.25, 0.3) is 86.2 Å². The van der Waals surface area contributed by atoms with E-state index in [1.807, 2.05) is 13.8 Å². The van der Waals surface area contributed by atoms with Crippen LogP contribution in [0.3, 0.4) is 0 Å². The second-order valence-corrected chi connectivity index (χ2v) is 20.0. The topological polar surface area (TPSA) is 0 Å². The molecule has 0 aliphatic carbocycles. The first-order valence-electron chi connectivity index (χ1n) is 25.1. The molecule has 0 nitrogen and oxygen atoms in total. The molecule has 9 rings (SSSR count). The lowest BCUT2D eigenvalue weighted by Gasteiger charge is -2.24.